The predicted octanol–water partition coefficient (Wildman–Crippen LogP) is 2.28. The van der Waals surface area contributed by atoms with Gasteiger partial charge in [-0.15, -0.1) is 10.2 Å². The van der Waals surface area contributed by atoms with Gasteiger partial charge in [0.15, 0.2) is 11.6 Å². The van der Waals surface area contributed by atoms with Crippen LogP contribution in [0.15, 0.2) is 22.4 Å². The van der Waals surface area contributed by atoms with Gasteiger partial charge in [-0.25, -0.2) is 18.4 Å². The van der Waals surface area contributed by atoms with Gasteiger partial charge >= 0.3 is 11.9 Å². The number of carbonyl (C=O) groups is 2. The first-order valence-corrected chi connectivity index (χ1v) is 7.47. The fraction of sp³-hybridized carbons (Fsp3) is 0.125. The lowest BCUT2D eigenvalue weighted by molar-refractivity contribution is 0.0592. The highest BCUT2D eigenvalue weighted by molar-refractivity contribution is 5.99. The van der Waals surface area contributed by atoms with Crippen LogP contribution in [0.2, 0.25) is 0 Å². The van der Waals surface area contributed by atoms with E-state index >= 15 is 0 Å². The molecule has 0 spiro atoms. The van der Waals surface area contributed by atoms with E-state index in [1.165, 1.54) is 0 Å². The fourth-order valence-corrected chi connectivity index (χ4v) is 2.17. The minimum atomic E-state index is -1.11. The van der Waals surface area contributed by atoms with Gasteiger partial charge in [-0.2, -0.15) is 0 Å². The van der Waals surface area contributed by atoms with Crippen LogP contribution < -0.4 is 22.9 Å². The fourth-order valence-electron chi connectivity index (χ4n) is 2.17. The van der Waals surface area contributed by atoms with E-state index in [4.69, 9.17) is 22.9 Å². The molecule has 0 aliphatic rings. The molecule has 0 saturated heterocycles. The summed E-state index contributed by atoms with van der Waals surface area (Å²) >= 11 is 0. The van der Waals surface area contributed by atoms with Gasteiger partial charge in [0, 0.05) is 0 Å². The number of halogens is 2. The number of methoxy groups -OCH3 is 2. The molecular weight excluding hydrogens is 378 g/mol. The van der Waals surface area contributed by atoms with Crippen molar-refractivity contribution in [1.82, 2.24) is 0 Å². The number of azo groups is 1. The van der Waals surface area contributed by atoms with E-state index in [0.29, 0.717) is 0 Å². The van der Waals surface area contributed by atoms with Crippen LogP contribution in [0.5, 0.6) is 0 Å². The zero-order valence-electron chi connectivity index (χ0n) is 14.7. The molecule has 0 aromatic heterocycles. The first-order valence-electron chi connectivity index (χ1n) is 7.47. The van der Waals surface area contributed by atoms with Crippen molar-refractivity contribution >= 4 is 46.1 Å². The van der Waals surface area contributed by atoms with E-state index in [2.05, 4.69) is 19.7 Å². The van der Waals surface area contributed by atoms with Crippen molar-refractivity contribution in [1.29, 1.82) is 0 Å². The molecule has 2 aromatic rings. The topological polar surface area (TPSA) is 181 Å². The average Bonchev–Trinajstić information content (AvgIpc) is 2.69. The Balaban J connectivity index is 2.61. The zero-order chi connectivity index (χ0) is 21.2. The van der Waals surface area contributed by atoms with Crippen molar-refractivity contribution in [2.24, 2.45) is 10.2 Å². The zero-order valence-corrected chi connectivity index (χ0v) is 14.7. The Bertz CT molecular complexity index is 930. The Labute approximate surface area is 157 Å². The SMILES string of the molecule is COC(=O)c1cc(N=Nc2cc(C(=O)OC)c(N)c(F)c2N)c(N)c(F)c1N. The Kier molecular flexibility index (Phi) is 5.62. The number of carbonyl (C=O) groups excluding carboxylic acids is 2. The number of ether oxygens (including phenoxy) is 2. The second-order valence-corrected chi connectivity index (χ2v) is 5.35. The highest BCUT2D eigenvalue weighted by Gasteiger charge is 2.21. The smallest absolute Gasteiger partial charge is 0.340 e. The number of nitrogens with zero attached hydrogens (tertiary/aromatic N) is 2. The summed E-state index contributed by atoms with van der Waals surface area (Å²) in [5.41, 5.74) is 18.8. The molecule has 2 rings (SSSR count). The quantitative estimate of drug-likeness (QED) is 0.346. The van der Waals surface area contributed by atoms with Crippen molar-refractivity contribution in [2.75, 3.05) is 37.2 Å². The van der Waals surface area contributed by atoms with Gasteiger partial charge < -0.3 is 32.4 Å². The first-order chi connectivity index (χ1) is 13.1. The molecule has 148 valence electrons. The van der Waals surface area contributed by atoms with Crippen molar-refractivity contribution in [3.05, 3.63) is 34.9 Å². The number of hydrogen-bond acceptors (Lipinski definition) is 10. The van der Waals surface area contributed by atoms with E-state index in [9.17, 15) is 18.4 Å². The van der Waals surface area contributed by atoms with Gasteiger partial charge in [-0.1, -0.05) is 0 Å². The average molecular weight is 394 g/mol. The van der Waals surface area contributed by atoms with Crippen LogP contribution in [-0.2, 0) is 9.47 Å². The van der Waals surface area contributed by atoms with E-state index in [1.807, 2.05) is 0 Å². The molecule has 28 heavy (non-hydrogen) atoms. The number of esters is 2. The Morgan fingerprint density at radius 1 is 0.750 bits per heavy atom. The number of hydrogen-bond donors (Lipinski definition) is 4. The summed E-state index contributed by atoms with van der Waals surface area (Å²) in [5.74, 6) is -4.08. The molecule has 10 nitrogen and oxygen atoms in total. The summed E-state index contributed by atoms with van der Waals surface area (Å²) in [6.07, 6.45) is 0. The molecule has 12 heteroatoms. The van der Waals surface area contributed by atoms with Gasteiger partial charge in [-0.3, -0.25) is 0 Å². The summed E-state index contributed by atoms with van der Waals surface area (Å²) in [6.45, 7) is 0. The molecule has 0 aliphatic carbocycles. The van der Waals surface area contributed by atoms with E-state index < -0.39 is 46.3 Å². The maximum absolute atomic E-state index is 14.2. The van der Waals surface area contributed by atoms with Gasteiger partial charge in [-0.05, 0) is 12.1 Å². The molecule has 0 atom stereocenters. The third kappa shape index (κ3) is 3.47. The number of nitrogen functional groups attached to an aromatic ring is 4. The summed E-state index contributed by atoms with van der Waals surface area (Å²) in [5, 5.41) is 7.34. The normalized spacial score (nSPS) is 10.9. The lowest BCUT2D eigenvalue weighted by atomic mass is 10.1. The highest BCUT2D eigenvalue weighted by Crippen LogP contribution is 2.36. The van der Waals surface area contributed by atoms with Crippen LogP contribution in [0.25, 0.3) is 0 Å². The number of nitrogens with two attached hydrogens (primary N) is 4. The molecule has 2 aromatic carbocycles. The monoisotopic (exact) mass is 394 g/mol. The molecule has 0 radical (unpaired) electrons. The molecule has 8 N–H and O–H groups in total. The summed E-state index contributed by atoms with van der Waals surface area (Å²) in [7, 11) is 2.15. The molecule has 0 bridgehead atoms. The Hall–Kier alpha value is -3.96. The van der Waals surface area contributed by atoms with E-state index in [-0.39, 0.29) is 22.5 Å². The third-order valence-electron chi connectivity index (χ3n) is 3.72. The van der Waals surface area contributed by atoms with Crippen LogP contribution in [-0.4, -0.2) is 26.2 Å². The van der Waals surface area contributed by atoms with Crippen LogP contribution in [0.1, 0.15) is 20.7 Å². The molecular formula is C16H16F2N6O4. The summed E-state index contributed by atoms with van der Waals surface area (Å²) in [6, 6.07) is 2.07. The minimum Gasteiger partial charge on any atom is -0.465 e. The van der Waals surface area contributed by atoms with Crippen molar-refractivity contribution in [3.8, 4) is 0 Å². The maximum atomic E-state index is 14.2. The second-order valence-electron chi connectivity index (χ2n) is 5.35. The molecule has 0 heterocycles. The Morgan fingerprint density at radius 2 is 1.07 bits per heavy atom. The van der Waals surface area contributed by atoms with Crippen LogP contribution >= 0.6 is 0 Å². The first kappa shape index (κ1) is 20.4. The number of anilines is 4. The van der Waals surface area contributed by atoms with Crippen molar-refractivity contribution in [2.45, 2.75) is 0 Å². The van der Waals surface area contributed by atoms with Gasteiger partial charge in [0.1, 0.15) is 11.4 Å². The largest absolute Gasteiger partial charge is 0.465 e. The number of rotatable bonds is 4. The van der Waals surface area contributed by atoms with Crippen LogP contribution in [0.4, 0.5) is 42.9 Å². The van der Waals surface area contributed by atoms with Crippen LogP contribution in [0, 0.1) is 11.6 Å². The van der Waals surface area contributed by atoms with Gasteiger partial charge in [0.2, 0.25) is 0 Å². The van der Waals surface area contributed by atoms with E-state index in [1.54, 1.807) is 0 Å². The lowest BCUT2D eigenvalue weighted by Gasteiger charge is -2.10. The van der Waals surface area contributed by atoms with Gasteiger partial charge in [0.05, 0.1) is 48.1 Å². The molecule has 0 aliphatic heterocycles. The Morgan fingerprint density at radius 3 is 1.36 bits per heavy atom. The molecule has 0 unspecified atom stereocenters. The van der Waals surface area contributed by atoms with Crippen LogP contribution in [0.3, 0.4) is 0 Å². The predicted molar refractivity (Wildman–Crippen MR) is 97.3 cm³/mol. The second kappa shape index (κ2) is 7.73. The van der Waals surface area contributed by atoms with Crippen molar-refractivity contribution in [3.63, 3.8) is 0 Å². The third-order valence-corrected chi connectivity index (χ3v) is 3.72. The molecule has 0 saturated carbocycles. The molecule has 0 fully saturated rings. The maximum Gasteiger partial charge on any atom is 0.340 e. The minimum absolute atomic E-state index is 0.302. The highest BCUT2D eigenvalue weighted by atomic mass is 19.1. The summed E-state index contributed by atoms with van der Waals surface area (Å²) in [4.78, 5) is 23.4. The van der Waals surface area contributed by atoms with Gasteiger partial charge in [0.25, 0.3) is 0 Å². The standard InChI is InChI=1S/C16H16F2N6O4/c1-27-15(25)5-3-7(13(21)9(17)11(5)19)23-24-8-4-6(16(26)28-2)12(20)10(18)14(8)22/h3-4H,19-22H2,1-2H3. The van der Waals surface area contributed by atoms with Crippen molar-refractivity contribution < 1.29 is 27.8 Å². The number of benzene rings is 2. The lowest BCUT2D eigenvalue weighted by Crippen LogP contribution is -2.09. The van der Waals surface area contributed by atoms with E-state index in [0.717, 1.165) is 26.4 Å². The summed E-state index contributed by atoms with van der Waals surface area (Å²) < 4.78 is 37.3. The molecule has 0 amide bonds.